The van der Waals surface area contributed by atoms with Crippen LogP contribution in [0.4, 0.5) is 5.82 Å². The summed E-state index contributed by atoms with van der Waals surface area (Å²) in [5, 5.41) is 3.34. The van der Waals surface area contributed by atoms with Crippen LogP contribution < -0.4 is 5.32 Å². The molecule has 5 heteroatoms. The van der Waals surface area contributed by atoms with Crippen LogP contribution in [0, 0.1) is 5.92 Å². The van der Waals surface area contributed by atoms with Crippen molar-refractivity contribution in [2.75, 3.05) is 25.0 Å². The van der Waals surface area contributed by atoms with Crippen molar-refractivity contribution in [3.05, 3.63) is 23.4 Å². The summed E-state index contributed by atoms with van der Waals surface area (Å²) in [6, 6.07) is 3.42. The number of halogens is 1. The number of amides is 1. The molecule has 0 radical (unpaired) electrons. The van der Waals surface area contributed by atoms with Crippen molar-refractivity contribution in [2.45, 2.75) is 19.8 Å². The molecular formula is C13H18ClN3O. The van der Waals surface area contributed by atoms with Crippen LogP contribution in [0.25, 0.3) is 0 Å². The number of pyridine rings is 1. The van der Waals surface area contributed by atoms with Crippen LogP contribution in [0.1, 0.15) is 19.8 Å². The molecule has 0 saturated carbocycles. The third kappa shape index (κ3) is 3.96. The molecule has 18 heavy (non-hydrogen) atoms. The Balaban J connectivity index is 1.80. The van der Waals surface area contributed by atoms with Crippen molar-refractivity contribution in [1.82, 2.24) is 9.88 Å². The molecule has 0 atom stereocenters. The van der Waals surface area contributed by atoms with Crippen molar-refractivity contribution < 1.29 is 4.79 Å². The summed E-state index contributed by atoms with van der Waals surface area (Å²) in [6.07, 6.45) is 3.87. The lowest BCUT2D eigenvalue weighted by Gasteiger charge is -2.29. The highest BCUT2D eigenvalue weighted by atomic mass is 35.5. The van der Waals surface area contributed by atoms with E-state index in [2.05, 4.69) is 22.1 Å². The van der Waals surface area contributed by atoms with Crippen LogP contribution in [0.15, 0.2) is 18.3 Å². The Morgan fingerprint density at radius 3 is 2.83 bits per heavy atom. The second kappa shape index (κ2) is 6.16. The Labute approximate surface area is 112 Å². The molecule has 0 bridgehead atoms. The van der Waals surface area contributed by atoms with Gasteiger partial charge in [-0.25, -0.2) is 4.98 Å². The molecule has 98 valence electrons. The fourth-order valence-electron chi connectivity index (χ4n) is 2.06. The molecule has 1 fully saturated rings. The average molecular weight is 268 g/mol. The molecule has 1 aliphatic heterocycles. The SMILES string of the molecule is CC1CCN(CC(=O)Nc2ccc(Cl)cn2)CC1. The standard InChI is InChI=1S/C13H18ClN3O/c1-10-4-6-17(7-5-10)9-13(18)16-12-3-2-11(14)8-15-12/h2-3,8,10H,4-7,9H2,1H3,(H,15,16,18). The van der Waals surface area contributed by atoms with Crippen molar-refractivity contribution in [3.63, 3.8) is 0 Å². The maximum absolute atomic E-state index is 11.8. The Hall–Kier alpha value is -1.13. The molecular weight excluding hydrogens is 250 g/mol. The number of carbonyl (C=O) groups is 1. The zero-order chi connectivity index (χ0) is 13.0. The van der Waals surface area contributed by atoms with Gasteiger partial charge in [0.1, 0.15) is 5.82 Å². The van der Waals surface area contributed by atoms with E-state index in [0.29, 0.717) is 17.4 Å². The Morgan fingerprint density at radius 1 is 1.50 bits per heavy atom. The first-order chi connectivity index (χ1) is 8.63. The van der Waals surface area contributed by atoms with Crippen molar-refractivity contribution >= 4 is 23.3 Å². The van der Waals surface area contributed by atoms with Gasteiger partial charge in [0.25, 0.3) is 0 Å². The zero-order valence-electron chi connectivity index (χ0n) is 10.5. The second-order valence-electron chi connectivity index (χ2n) is 4.87. The quantitative estimate of drug-likeness (QED) is 0.915. The van der Waals surface area contributed by atoms with Gasteiger partial charge in [0.2, 0.25) is 5.91 Å². The zero-order valence-corrected chi connectivity index (χ0v) is 11.3. The molecule has 0 spiro atoms. The lowest BCUT2D eigenvalue weighted by atomic mass is 9.99. The molecule has 1 N–H and O–H groups in total. The number of anilines is 1. The van der Waals surface area contributed by atoms with Gasteiger partial charge in [-0.2, -0.15) is 0 Å². The molecule has 1 saturated heterocycles. The number of likely N-dealkylation sites (tertiary alicyclic amines) is 1. The predicted octanol–water partition coefficient (Wildman–Crippen LogP) is 2.41. The van der Waals surface area contributed by atoms with E-state index in [9.17, 15) is 4.79 Å². The monoisotopic (exact) mass is 267 g/mol. The molecule has 0 aliphatic carbocycles. The van der Waals surface area contributed by atoms with Crippen molar-refractivity contribution in [1.29, 1.82) is 0 Å². The summed E-state index contributed by atoms with van der Waals surface area (Å²) < 4.78 is 0. The minimum Gasteiger partial charge on any atom is -0.310 e. The number of piperidine rings is 1. The fourth-order valence-corrected chi connectivity index (χ4v) is 2.17. The summed E-state index contributed by atoms with van der Waals surface area (Å²) in [4.78, 5) is 18.0. The Morgan fingerprint density at radius 2 is 2.22 bits per heavy atom. The summed E-state index contributed by atoms with van der Waals surface area (Å²) in [5.41, 5.74) is 0. The van der Waals surface area contributed by atoms with Gasteiger partial charge >= 0.3 is 0 Å². The largest absolute Gasteiger partial charge is 0.310 e. The van der Waals surface area contributed by atoms with Gasteiger partial charge in [0, 0.05) is 6.20 Å². The number of carbonyl (C=O) groups excluding carboxylic acids is 1. The van der Waals surface area contributed by atoms with Crippen LogP contribution in [-0.4, -0.2) is 35.4 Å². The molecule has 1 aliphatic rings. The van der Waals surface area contributed by atoms with Gasteiger partial charge in [0.05, 0.1) is 11.6 Å². The van der Waals surface area contributed by atoms with Gasteiger partial charge in [-0.3, -0.25) is 9.69 Å². The molecule has 0 aromatic carbocycles. The van der Waals surface area contributed by atoms with E-state index in [-0.39, 0.29) is 5.91 Å². The van der Waals surface area contributed by atoms with Gasteiger partial charge in [-0.1, -0.05) is 18.5 Å². The van der Waals surface area contributed by atoms with Crippen molar-refractivity contribution in [2.24, 2.45) is 5.92 Å². The lowest BCUT2D eigenvalue weighted by molar-refractivity contribution is -0.117. The van der Waals surface area contributed by atoms with Crippen LogP contribution in [0.3, 0.4) is 0 Å². The first kappa shape index (κ1) is 13.3. The summed E-state index contributed by atoms with van der Waals surface area (Å²) >= 11 is 5.73. The average Bonchev–Trinajstić information content (AvgIpc) is 2.35. The molecule has 1 amide bonds. The predicted molar refractivity (Wildman–Crippen MR) is 72.7 cm³/mol. The van der Waals surface area contributed by atoms with Crippen LogP contribution in [0.2, 0.25) is 5.02 Å². The lowest BCUT2D eigenvalue weighted by Crippen LogP contribution is -2.38. The van der Waals surface area contributed by atoms with Crippen molar-refractivity contribution in [3.8, 4) is 0 Å². The normalized spacial score (nSPS) is 17.7. The maximum atomic E-state index is 11.8. The third-order valence-corrected chi connectivity index (χ3v) is 3.46. The molecule has 2 heterocycles. The first-order valence-corrected chi connectivity index (χ1v) is 6.65. The van der Waals surface area contributed by atoms with E-state index in [1.54, 1.807) is 12.1 Å². The topological polar surface area (TPSA) is 45.2 Å². The minimum absolute atomic E-state index is 0.0145. The first-order valence-electron chi connectivity index (χ1n) is 6.27. The Kier molecular flexibility index (Phi) is 4.55. The Bertz CT molecular complexity index is 399. The highest BCUT2D eigenvalue weighted by molar-refractivity contribution is 6.30. The van der Waals surface area contributed by atoms with Gasteiger partial charge in [-0.15, -0.1) is 0 Å². The molecule has 2 rings (SSSR count). The highest BCUT2D eigenvalue weighted by Crippen LogP contribution is 2.15. The van der Waals surface area contributed by atoms with E-state index in [0.717, 1.165) is 19.0 Å². The maximum Gasteiger partial charge on any atom is 0.239 e. The smallest absolute Gasteiger partial charge is 0.239 e. The summed E-state index contributed by atoms with van der Waals surface area (Å²) in [5.74, 6) is 1.32. The fraction of sp³-hybridized carbons (Fsp3) is 0.538. The number of nitrogens with one attached hydrogen (secondary N) is 1. The second-order valence-corrected chi connectivity index (χ2v) is 5.30. The van der Waals surface area contributed by atoms with E-state index in [1.807, 2.05) is 0 Å². The minimum atomic E-state index is -0.0145. The number of hydrogen-bond acceptors (Lipinski definition) is 3. The summed E-state index contributed by atoms with van der Waals surface area (Å²) in [6.45, 7) is 4.71. The number of nitrogens with zero attached hydrogens (tertiary/aromatic N) is 2. The molecule has 4 nitrogen and oxygen atoms in total. The molecule has 1 aromatic rings. The number of rotatable bonds is 3. The highest BCUT2D eigenvalue weighted by Gasteiger charge is 2.17. The van der Waals surface area contributed by atoms with E-state index in [1.165, 1.54) is 19.0 Å². The van der Waals surface area contributed by atoms with Crippen LogP contribution in [0.5, 0.6) is 0 Å². The third-order valence-electron chi connectivity index (χ3n) is 3.24. The van der Waals surface area contributed by atoms with E-state index >= 15 is 0 Å². The number of hydrogen-bond donors (Lipinski definition) is 1. The van der Waals surface area contributed by atoms with Gasteiger partial charge in [0.15, 0.2) is 0 Å². The van der Waals surface area contributed by atoms with E-state index < -0.39 is 0 Å². The van der Waals surface area contributed by atoms with E-state index in [4.69, 9.17) is 11.6 Å². The number of aromatic nitrogens is 1. The molecule has 0 unspecified atom stereocenters. The van der Waals surface area contributed by atoms with Gasteiger partial charge < -0.3 is 5.32 Å². The van der Waals surface area contributed by atoms with Gasteiger partial charge in [-0.05, 0) is 44.0 Å². The van der Waals surface area contributed by atoms with Crippen LogP contribution in [-0.2, 0) is 4.79 Å². The van der Waals surface area contributed by atoms with Crippen LogP contribution >= 0.6 is 11.6 Å². The summed E-state index contributed by atoms with van der Waals surface area (Å²) in [7, 11) is 0. The molecule has 1 aromatic heterocycles.